The van der Waals surface area contributed by atoms with E-state index in [0.29, 0.717) is 19.4 Å². The SMILES string of the molecule is CCOC(=O)C(C)C1(O)CCNCC1. The molecule has 0 aromatic heterocycles. The van der Waals surface area contributed by atoms with Crippen molar-refractivity contribution in [1.82, 2.24) is 5.32 Å². The highest BCUT2D eigenvalue weighted by atomic mass is 16.5. The summed E-state index contributed by atoms with van der Waals surface area (Å²) in [6.07, 6.45) is 1.24. The third-order valence-electron chi connectivity index (χ3n) is 2.92. The van der Waals surface area contributed by atoms with Crippen LogP contribution in [0.5, 0.6) is 0 Å². The molecule has 1 unspecified atom stereocenters. The van der Waals surface area contributed by atoms with Crippen LogP contribution >= 0.6 is 0 Å². The van der Waals surface area contributed by atoms with E-state index in [2.05, 4.69) is 5.32 Å². The van der Waals surface area contributed by atoms with Crippen molar-refractivity contribution in [3.63, 3.8) is 0 Å². The molecule has 14 heavy (non-hydrogen) atoms. The van der Waals surface area contributed by atoms with Crippen LogP contribution in [-0.4, -0.2) is 36.4 Å². The summed E-state index contributed by atoms with van der Waals surface area (Å²) in [7, 11) is 0. The zero-order valence-electron chi connectivity index (χ0n) is 8.88. The molecule has 1 rings (SSSR count). The second kappa shape index (κ2) is 4.75. The lowest BCUT2D eigenvalue weighted by Gasteiger charge is -2.36. The van der Waals surface area contributed by atoms with Gasteiger partial charge in [0.25, 0.3) is 0 Å². The first-order valence-corrected chi connectivity index (χ1v) is 5.20. The number of ether oxygens (including phenoxy) is 1. The van der Waals surface area contributed by atoms with Gasteiger partial charge in [-0.25, -0.2) is 0 Å². The van der Waals surface area contributed by atoms with Gasteiger partial charge in [0.05, 0.1) is 18.1 Å². The summed E-state index contributed by atoms with van der Waals surface area (Å²) < 4.78 is 4.90. The van der Waals surface area contributed by atoms with Crippen LogP contribution in [0, 0.1) is 5.92 Å². The minimum Gasteiger partial charge on any atom is -0.466 e. The van der Waals surface area contributed by atoms with Crippen molar-refractivity contribution in [2.24, 2.45) is 5.92 Å². The Kier molecular flexibility index (Phi) is 3.89. The van der Waals surface area contributed by atoms with E-state index < -0.39 is 11.5 Å². The highest BCUT2D eigenvalue weighted by Crippen LogP contribution is 2.27. The standard InChI is InChI=1S/C10H19NO3/c1-3-14-9(12)8(2)10(13)4-6-11-7-5-10/h8,11,13H,3-7H2,1-2H3. The Morgan fingerprint density at radius 3 is 2.64 bits per heavy atom. The molecular weight excluding hydrogens is 182 g/mol. The van der Waals surface area contributed by atoms with Crippen molar-refractivity contribution < 1.29 is 14.6 Å². The van der Waals surface area contributed by atoms with Gasteiger partial charge in [0, 0.05) is 0 Å². The van der Waals surface area contributed by atoms with Crippen LogP contribution in [0.2, 0.25) is 0 Å². The quantitative estimate of drug-likeness (QED) is 0.645. The molecule has 1 aliphatic heterocycles. The number of esters is 1. The van der Waals surface area contributed by atoms with E-state index in [0.717, 1.165) is 13.1 Å². The Bertz CT molecular complexity index is 200. The Labute approximate surface area is 84.6 Å². The van der Waals surface area contributed by atoms with Crippen LogP contribution in [-0.2, 0) is 9.53 Å². The molecule has 0 bridgehead atoms. The van der Waals surface area contributed by atoms with E-state index in [4.69, 9.17) is 4.74 Å². The molecule has 1 aliphatic rings. The topological polar surface area (TPSA) is 58.6 Å². The number of aliphatic hydroxyl groups is 1. The lowest BCUT2D eigenvalue weighted by atomic mass is 9.81. The van der Waals surface area contributed by atoms with Gasteiger partial charge in [-0.1, -0.05) is 0 Å². The average Bonchev–Trinajstić information content (AvgIpc) is 2.18. The molecule has 2 N–H and O–H groups in total. The van der Waals surface area contributed by atoms with E-state index in [1.807, 2.05) is 0 Å². The number of piperidine rings is 1. The smallest absolute Gasteiger partial charge is 0.311 e. The number of nitrogens with one attached hydrogen (secondary N) is 1. The lowest BCUT2D eigenvalue weighted by Crippen LogP contribution is -2.49. The summed E-state index contributed by atoms with van der Waals surface area (Å²) in [5.74, 6) is -0.721. The third-order valence-corrected chi connectivity index (χ3v) is 2.92. The number of carbonyl (C=O) groups excluding carboxylic acids is 1. The zero-order valence-corrected chi connectivity index (χ0v) is 8.88. The van der Waals surface area contributed by atoms with Crippen molar-refractivity contribution in [3.05, 3.63) is 0 Å². The van der Waals surface area contributed by atoms with Gasteiger partial charge in [0.2, 0.25) is 0 Å². The number of hydrogen-bond acceptors (Lipinski definition) is 4. The highest BCUT2D eigenvalue weighted by Gasteiger charge is 2.39. The fourth-order valence-electron chi connectivity index (χ4n) is 1.78. The van der Waals surface area contributed by atoms with Crippen LogP contribution in [0.25, 0.3) is 0 Å². The van der Waals surface area contributed by atoms with E-state index >= 15 is 0 Å². The molecule has 1 heterocycles. The van der Waals surface area contributed by atoms with Crippen LogP contribution in [0.3, 0.4) is 0 Å². The van der Waals surface area contributed by atoms with Gasteiger partial charge in [-0.3, -0.25) is 4.79 Å². The molecule has 0 aromatic carbocycles. The molecule has 0 radical (unpaired) electrons. The monoisotopic (exact) mass is 201 g/mol. The second-order valence-corrected chi connectivity index (χ2v) is 3.83. The summed E-state index contributed by atoms with van der Waals surface area (Å²) in [5, 5.41) is 13.3. The van der Waals surface area contributed by atoms with E-state index in [9.17, 15) is 9.90 Å². The van der Waals surface area contributed by atoms with Crippen LogP contribution < -0.4 is 5.32 Å². The molecular formula is C10H19NO3. The van der Waals surface area contributed by atoms with E-state index in [1.54, 1.807) is 13.8 Å². The molecule has 1 saturated heterocycles. The summed E-state index contributed by atoms with van der Waals surface area (Å²) in [6, 6.07) is 0. The molecule has 1 atom stereocenters. The van der Waals surface area contributed by atoms with Gasteiger partial charge in [0.1, 0.15) is 0 Å². The Balaban J connectivity index is 2.56. The molecule has 0 aromatic rings. The zero-order chi connectivity index (χ0) is 10.6. The minimum atomic E-state index is -0.877. The maximum atomic E-state index is 11.4. The van der Waals surface area contributed by atoms with Gasteiger partial charge < -0.3 is 15.2 Å². The molecule has 0 amide bonds. The molecule has 4 nitrogen and oxygen atoms in total. The maximum absolute atomic E-state index is 11.4. The molecule has 0 saturated carbocycles. The van der Waals surface area contributed by atoms with Crippen molar-refractivity contribution in [2.45, 2.75) is 32.3 Å². The van der Waals surface area contributed by atoms with Crippen molar-refractivity contribution in [2.75, 3.05) is 19.7 Å². The first-order valence-electron chi connectivity index (χ1n) is 5.20. The fraction of sp³-hybridized carbons (Fsp3) is 0.900. The Morgan fingerprint density at radius 1 is 1.57 bits per heavy atom. The predicted octanol–water partition coefficient (Wildman–Crippen LogP) is 0.300. The summed E-state index contributed by atoms with van der Waals surface area (Å²) in [5.41, 5.74) is -0.877. The molecule has 82 valence electrons. The van der Waals surface area contributed by atoms with Crippen LogP contribution in [0.4, 0.5) is 0 Å². The maximum Gasteiger partial charge on any atom is 0.311 e. The molecule has 0 aliphatic carbocycles. The normalized spacial score (nSPS) is 22.8. The van der Waals surface area contributed by atoms with Gasteiger partial charge in [0.15, 0.2) is 0 Å². The molecule has 0 spiro atoms. The summed E-state index contributed by atoms with van der Waals surface area (Å²) in [4.78, 5) is 11.4. The average molecular weight is 201 g/mol. The van der Waals surface area contributed by atoms with Gasteiger partial charge in [-0.2, -0.15) is 0 Å². The fourth-order valence-corrected chi connectivity index (χ4v) is 1.78. The number of rotatable bonds is 3. The minimum absolute atomic E-state index is 0.295. The molecule has 1 fully saturated rings. The van der Waals surface area contributed by atoms with E-state index in [-0.39, 0.29) is 5.97 Å². The predicted molar refractivity (Wildman–Crippen MR) is 52.9 cm³/mol. The van der Waals surface area contributed by atoms with Crippen molar-refractivity contribution >= 4 is 5.97 Å². The van der Waals surface area contributed by atoms with Crippen molar-refractivity contribution in [3.8, 4) is 0 Å². The first-order chi connectivity index (χ1) is 6.60. The van der Waals surface area contributed by atoms with E-state index in [1.165, 1.54) is 0 Å². The highest BCUT2D eigenvalue weighted by molar-refractivity contribution is 5.73. The Morgan fingerprint density at radius 2 is 2.14 bits per heavy atom. The van der Waals surface area contributed by atoms with Gasteiger partial charge >= 0.3 is 5.97 Å². The lowest BCUT2D eigenvalue weighted by molar-refractivity contribution is -0.159. The van der Waals surface area contributed by atoms with Gasteiger partial charge in [-0.15, -0.1) is 0 Å². The first kappa shape index (κ1) is 11.5. The summed E-state index contributed by atoms with van der Waals surface area (Å²) >= 11 is 0. The second-order valence-electron chi connectivity index (χ2n) is 3.83. The Hall–Kier alpha value is -0.610. The largest absolute Gasteiger partial charge is 0.466 e. The van der Waals surface area contributed by atoms with Gasteiger partial charge in [-0.05, 0) is 39.8 Å². The molecule has 4 heteroatoms. The number of hydrogen-bond donors (Lipinski definition) is 2. The van der Waals surface area contributed by atoms with Crippen LogP contribution in [0.1, 0.15) is 26.7 Å². The van der Waals surface area contributed by atoms with Crippen LogP contribution in [0.15, 0.2) is 0 Å². The number of carbonyl (C=O) groups is 1. The van der Waals surface area contributed by atoms with Crippen molar-refractivity contribution in [1.29, 1.82) is 0 Å². The summed E-state index contributed by atoms with van der Waals surface area (Å²) in [6.45, 7) is 5.42. The third kappa shape index (κ3) is 2.45.